The lowest BCUT2D eigenvalue weighted by atomic mass is 10.2. The number of hydrogen-bond acceptors (Lipinski definition) is 4. The second-order valence-corrected chi connectivity index (χ2v) is 7.65. The molecule has 3 rings (SSSR count). The van der Waals surface area contributed by atoms with Crippen LogP contribution in [0, 0.1) is 0 Å². The zero-order valence-electron chi connectivity index (χ0n) is 14.8. The van der Waals surface area contributed by atoms with E-state index in [1.807, 2.05) is 36.4 Å². The van der Waals surface area contributed by atoms with Gasteiger partial charge in [-0.2, -0.15) is 0 Å². The minimum absolute atomic E-state index is 0.0501. The molecule has 1 saturated heterocycles. The molecule has 134 valence electrons. The van der Waals surface area contributed by atoms with Crippen LogP contribution in [0.2, 0.25) is 0 Å². The van der Waals surface area contributed by atoms with Crippen LogP contribution < -0.4 is 4.74 Å². The second kappa shape index (κ2) is 8.10. The van der Waals surface area contributed by atoms with Crippen LogP contribution >= 0.6 is 27.7 Å². The number of methoxy groups -OCH3 is 1. The summed E-state index contributed by atoms with van der Waals surface area (Å²) in [5.74, 6) is 0.707. The Kier molecular flexibility index (Phi) is 5.84. The molecular weight excluding hydrogens is 412 g/mol. The molecule has 2 aromatic rings. The highest BCUT2D eigenvalue weighted by Crippen LogP contribution is 2.34. The Morgan fingerprint density at radius 1 is 1.23 bits per heavy atom. The van der Waals surface area contributed by atoms with Gasteiger partial charge in [0.15, 0.2) is 5.17 Å². The number of aliphatic imine (C=N–C) groups is 1. The fourth-order valence-corrected chi connectivity index (χ4v) is 4.04. The number of aryl methyl sites for hydroxylation is 1. The van der Waals surface area contributed by atoms with Crippen molar-refractivity contribution in [1.82, 2.24) is 4.90 Å². The predicted octanol–water partition coefficient (Wildman–Crippen LogP) is 5.25. The average Bonchev–Trinajstić information content (AvgIpc) is 2.90. The Bertz CT molecular complexity index is 891. The third-order valence-electron chi connectivity index (χ3n) is 4.05. The number of likely N-dealkylation sites (N-methyl/N-ethyl adjacent to an activating group) is 1. The quantitative estimate of drug-likeness (QED) is 0.621. The van der Waals surface area contributed by atoms with E-state index in [0.717, 1.165) is 27.9 Å². The van der Waals surface area contributed by atoms with E-state index in [1.54, 1.807) is 19.1 Å². The predicted molar refractivity (Wildman–Crippen MR) is 112 cm³/mol. The maximum Gasteiger partial charge on any atom is 0.266 e. The third-order valence-corrected chi connectivity index (χ3v) is 5.73. The number of amidine groups is 1. The van der Waals surface area contributed by atoms with E-state index in [2.05, 4.69) is 40.0 Å². The molecule has 0 bridgehead atoms. The monoisotopic (exact) mass is 430 g/mol. The summed E-state index contributed by atoms with van der Waals surface area (Å²) in [7, 11) is 3.37. The number of carbonyl (C=O) groups is 1. The Morgan fingerprint density at radius 2 is 1.96 bits per heavy atom. The number of thioether (sulfide) groups is 1. The number of rotatable bonds is 4. The Labute approximate surface area is 166 Å². The Morgan fingerprint density at radius 3 is 2.58 bits per heavy atom. The van der Waals surface area contributed by atoms with E-state index in [4.69, 9.17) is 4.74 Å². The van der Waals surface area contributed by atoms with Crippen LogP contribution in [0.15, 0.2) is 56.8 Å². The molecule has 1 aliphatic heterocycles. The molecule has 0 spiro atoms. The van der Waals surface area contributed by atoms with Gasteiger partial charge in [-0.3, -0.25) is 9.69 Å². The van der Waals surface area contributed by atoms with Crippen molar-refractivity contribution < 1.29 is 9.53 Å². The fourth-order valence-electron chi connectivity index (χ4n) is 2.49. The standard InChI is InChI=1S/C20H19BrN2O2S/c1-4-13-5-8-15(9-6-13)22-20-23(2)19(24)18(26-20)12-14-7-10-17(25-3)16(21)11-14/h5-12H,4H2,1-3H3/b18-12-,22-20?. The number of ether oxygens (including phenoxy) is 1. The smallest absolute Gasteiger partial charge is 0.266 e. The Hall–Kier alpha value is -2.05. The number of nitrogens with zero attached hydrogens (tertiary/aromatic N) is 2. The van der Waals surface area contributed by atoms with Crippen LogP contribution in [-0.2, 0) is 11.2 Å². The lowest BCUT2D eigenvalue weighted by Crippen LogP contribution is -2.23. The number of halogens is 1. The van der Waals surface area contributed by atoms with Gasteiger partial charge in [0, 0.05) is 7.05 Å². The van der Waals surface area contributed by atoms with Crippen LogP contribution in [0.25, 0.3) is 6.08 Å². The number of amides is 1. The zero-order chi connectivity index (χ0) is 18.7. The third kappa shape index (κ3) is 4.02. The molecule has 2 aromatic carbocycles. The van der Waals surface area contributed by atoms with Crippen molar-refractivity contribution in [2.75, 3.05) is 14.2 Å². The van der Waals surface area contributed by atoms with E-state index >= 15 is 0 Å². The summed E-state index contributed by atoms with van der Waals surface area (Å²) < 4.78 is 6.09. The zero-order valence-corrected chi connectivity index (χ0v) is 17.2. The van der Waals surface area contributed by atoms with Crippen LogP contribution in [0.1, 0.15) is 18.1 Å². The molecule has 26 heavy (non-hydrogen) atoms. The molecule has 1 amide bonds. The van der Waals surface area contributed by atoms with Gasteiger partial charge in [-0.25, -0.2) is 4.99 Å². The summed E-state index contributed by atoms with van der Waals surface area (Å²) in [4.78, 5) is 19.4. The van der Waals surface area contributed by atoms with Crippen LogP contribution in [0.5, 0.6) is 5.75 Å². The van der Waals surface area contributed by atoms with Gasteiger partial charge in [-0.05, 0) is 75.6 Å². The van der Waals surface area contributed by atoms with Crippen molar-refractivity contribution in [3.05, 3.63) is 63.0 Å². The Balaban J connectivity index is 1.85. The molecule has 1 fully saturated rings. The van der Waals surface area contributed by atoms with Gasteiger partial charge >= 0.3 is 0 Å². The van der Waals surface area contributed by atoms with Crippen molar-refractivity contribution in [2.45, 2.75) is 13.3 Å². The van der Waals surface area contributed by atoms with Crippen LogP contribution in [0.3, 0.4) is 0 Å². The maximum absolute atomic E-state index is 12.5. The van der Waals surface area contributed by atoms with Crippen molar-refractivity contribution in [2.24, 2.45) is 4.99 Å². The van der Waals surface area contributed by atoms with E-state index < -0.39 is 0 Å². The van der Waals surface area contributed by atoms with E-state index in [0.29, 0.717) is 10.1 Å². The van der Waals surface area contributed by atoms with Gasteiger partial charge in [0.1, 0.15) is 5.75 Å². The molecule has 1 aliphatic rings. The highest BCUT2D eigenvalue weighted by molar-refractivity contribution is 9.10. The summed E-state index contributed by atoms with van der Waals surface area (Å²) in [5, 5.41) is 0.679. The summed E-state index contributed by atoms with van der Waals surface area (Å²) in [6, 6.07) is 13.8. The molecular formula is C20H19BrN2O2S. The lowest BCUT2D eigenvalue weighted by Gasteiger charge is -2.07. The molecule has 0 radical (unpaired) electrons. The van der Waals surface area contributed by atoms with Gasteiger partial charge in [0.25, 0.3) is 5.91 Å². The van der Waals surface area contributed by atoms with E-state index in [-0.39, 0.29) is 5.91 Å². The average molecular weight is 431 g/mol. The molecule has 6 heteroatoms. The van der Waals surface area contributed by atoms with E-state index in [1.165, 1.54) is 17.3 Å². The van der Waals surface area contributed by atoms with Gasteiger partial charge in [0.05, 0.1) is 22.2 Å². The summed E-state index contributed by atoms with van der Waals surface area (Å²) in [6.07, 6.45) is 2.87. The second-order valence-electron chi connectivity index (χ2n) is 5.78. The lowest BCUT2D eigenvalue weighted by molar-refractivity contribution is -0.121. The van der Waals surface area contributed by atoms with Crippen molar-refractivity contribution in [3.8, 4) is 5.75 Å². The fraction of sp³-hybridized carbons (Fsp3) is 0.200. The molecule has 0 unspecified atom stereocenters. The van der Waals surface area contributed by atoms with Crippen molar-refractivity contribution in [3.63, 3.8) is 0 Å². The summed E-state index contributed by atoms with van der Waals surface area (Å²) in [6.45, 7) is 2.12. The molecule has 0 atom stereocenters. The largest absolute Gasteiger partial charge is 0.496 e. The highest BCUT2D eigenvalue weighted by atomic mass is 79.9. The molecule has 0 saturated carbocycles. The minimum atomic E-state index is -0.0501. The number of hydrogen-bond donors (Lipinski definition) is 0. The van der Waals surface area contributed by atoms with E-state index in [9.17, 15) is 4.79 Å². The highest BCUT2D eigenvalue weighted by Gasteiger charge is 2.30. The normalized spacial score (nSPS) is 17.4. The summed E-state index contributed by atoms with van der Waals surface area (Å²) >= 11 is 4.85. The number of benzene rings is 2. The topological polar surface area (TPSA) is 41.9 Å². The molecule has 0 aliphatic carbocycles. The molecule has 0 N–H and O–H groups in total. The first-order valence-corrected chi connectivity index (χ1v) is 9.81. The molecule has 4 nitrogen and oxygen atoms in total. The van der Waals surface area contributed by atoms with Gasteiger partial charge in [-0.15, -0.1) is 0 Å². The SMILES string of the molecule is CCc1ccc(N=C2S/C(=C\c3ccc(OC)c(Br)c3)C(=O)N2C)cc1. The van der Waals surface area contributed by atoms with Gasteiger partial charge in [0.2, 0.25) is 0 Å². The number of carbonyl (C=O) groups excluding carboxylic acids is 1. The minimum Gasteiger partial charge on any atom is -0.496 e. The van der Waals surface area contributed by atoms with Crippen molar-refractivity contribution in [1.29, 1.82) is 0 Å². The van der Waals surface area contributed by atoms with Crippen molar-refractivity contribution >= 4 is 50.5 Å². The van der Waals surface area contributed by atoms with Gasteiger partial charge in [-0.1, -0.05) is 25.1 Å². The first kappa shape index (κ1) is 18.7. The van der Waals surface area contributed by atoms with Gasteiger partial charge < -0.3 is 4.74 Å². The first-order valence-electron chi connectivity index (χ1n) is 8.20. The first-order chi connectivity index (χ1) is 12.5. The molecule has 0 aromatic heterocycles. The van der Waals surface area contributed by atoms with Crippen LogP contribution in [-0.4, -0.2) is 30.1 Å². The molecule has 1 heterocycles. The maximum atomic E-state index is 12.5. The summed E-state index contributed by atoms with van der Waals surface area (Å²) in [5.41, 5.74) is 3.04. The van der Waals surface area contributed by atoms with Crippen LogP contribution in [0.4, 0.5) is 5.69 Å².